The van der Waals surface area contributed by atoms with Crippen LogP contribution >= 0.6 is 15.3 Å². The summed E-state index contributed by atoms with van der Waals surface area (Å²) in [5, 5.41) is 0. The highest BCUT2D eigenvalue weighted by Gasteiger charge is 2.35. The predicted molar refractivity (Wildman–Crippen MR) is 51.8 cm³/mol. The molecule has 0 aromatic carbocycles. The molecule has 8 heteroatoms. The highest BCUT2D eigenvalue weighted by atomic mass is 31.3. The fourth-order valence-electron chi connectivity index (χ4n) is 0.701. The third kappa shape index (κ3) is 3.90. The Morgan fingerprint density at radius 1 is 1.08 bits per heavy atom. The average molecular weight is 230 g/mol. The van der Waals surface area contributed by atoms with E-state index in [4.69, 9.17) is 4.89 Å². The van der Waals surface area contributed by atoms with Gasteiger partial charge in [-0.3, -0.25) is 9.13 Å². The van der Waals surface area contributed by atoms with E-state index in [0.717, 1.165) is 6.66 Å². The average Bonchev–Trinajstić information content (AvgIpc) is 1.82. The number of rotatable bonds is 4. The van der Waals surface area contributed by atoms with Crippen molar-refractivity contribution in [1.82, 2.24) is 9.34 Å². The highest BCUT2D eigenvalue weighted by Crippen LogP contribution is 2.61. The van der Waals surface area contributed by atoms with Crippen molar-refractivity contribution in [2.24, 2.45) is 0 Å². The summed E-state index contributed by atoms with van der Waals surface area (Å²) < 4.78 is 30.1. The molecule has 6 nitrogen and oxygen atoms in total. The molecule has 0 rings (SSSR count). The summed E-state index contributed by atoms with van der Waals surface area (Å²) in [6, 6.07) is 0. The standard InChI is InChI=1S/C5H16N2O4P2/c1-6(2)13(10,7(3)4)11-12(5,8)9/h1-5H3,(H,8,9). The third-order valence-corrected chi connectivity index (χ3v) is 5.35. The van der Waals surface area contributed by atoms with Gasteiger partial charge in [0.25, 0.3) is 0 Å². The first-order valence-electron chi connectivity index (χ1n) is 3.57. The van der Waals surface area contributed by atoms with Crippen LogP contribution in [0, 0.1) is 0 Å². The van der Waals surface area contributed by atoms with E-state index < -0.39 is 15.3 Å². The van der Waals surface area contributed by atoms with Crippen LogP contribution in [0.2, 0.25) is 0 Å². The van der Waals surface area contributed by atoms with Crippen LogP contribution in [-0.2, 0) is 13.4 Å². The van der Waals surface area contributed by atoms with Crippen molar-refractivity contribution in [3.8, 4) is 0 Å². The van der Waals surface area contributed by atoms with E-state index in [1.165, 1.54) is 37.5 Å². The Balaban J connectivity index is 4.85. The van der Waals surface area contributed by atoms with E-state index in [-0.39, 0.29) is 0 Å². The van der Waals surface area contributed by atoms with Crippen molar-refractivity contribution in [3.63, 3.8) is 0 Å². The Kier molecular flexibility index (Phi) is 4.31. The zero-order valence-corrected chi connectivity index (χ0v) is 10.2. The first-order chi connectivity index (χ1) is 5.59. The van der Waals surface area contributed by atoms with Crippen molar-refractivity contribution in [2.75, 3.05) is 34.9 Å². The summed E-state index contributed by atoms with van der Waals surface area (Å²) in [4.78, 5) is 8.96. The normalized spacial score (nSPS) is 17.8. The van der Waals surface area contributed by atoms with E-state index in [0.29, 0.717) is 0 Å². The SMILES string of the molecule is CN(C)P(=O)(OP(C)(=O)O)N(C)C. The smallest absolute Gasteiger partial charge is 0.324 e. The molecule has 0 bridgehead atoms. The summed E-state index contributed by atoms with van der Waals surface area (Å²) in [7, 11) is -0.976. The van der Waals surface area contributed by atoms with Crippen molar-refractivity contribution in [2.45, 2.75) is 0 Å². The molecule has 0 saturated carbocycles. The minimum atomic E-state index is -3.74. The van der Waals surface area contributed by atoms with Gasteiger partial charge in [-0.2, -0.15) is 0 Å². The summed E-state index contributed by atoms with van der Waals surface area (Å²) in [6.45, 7) is 1.01. The summed E-state index contributed by atoms with van der Waals surface area (Å²) in [5.41, 5.74) is 0. The van der Waals surface area contributed by atoms with Gasteiger partial charge in [0.05, 0.1) is 0 Å². The van der Waals surface area contributed by atoms with Crippen molar-refractivity contribution < 1.29 is 18.3 Å². The van der Waals surface area contributed by atoms with E-state index in [9.17, 15) is 9.13 Å². The van der Waals surface area contributed by atoms with Gasteiger partial charge in [-0.15, -0.1) is 0 Å². The molecular formula is C5H16N2O4P2. The monoisotopic (exact) mass is 230 g/mol. The highest BCUT2D eigenvalue weighted by molar-refractivity contribution is 7.66. The molecule has 0 heterocycles. The first kappa shape index (κ1) is 13.3. The molecule has 0 spiro atoms. The van der Waals surface area contributed by atoms with Gasteiger partial charge >= 0.3 is 15.3 Å². The van der Waals surface area contributed by atoms with Crippen LogP contribution in [0.4, 0.5) is 0 Å². The van der Waals surface area contributed by atoms with Crippen LogP contribution in [-0.4, -0.2) is 49.1 Å². The van der Waals surface area contributed by atoms with Gasteiger partial charge in [-0.25, -0.2) is 13.7 Å². The van der Waals surface area contributed by atoms with Gasteiger partial charge < -0.3 is 4.89 Å². The second kappa shape index (κ2) is 4.22. The van der Waals surface area contributed by atoms with E-state index in [2.05, 4.69) is 4.31 Å². The van der Waals surface area contributed by atoms with E-state index in [1.807, 2.05) is 0 Å². The Morgan fingerprint density at radius 3 is 1.46 bits per heavy atom. The quantitative estimate of drug-likeness (QED) is 0.728. The second-order valence-electron chi connectivity index (χ2n) is 3.07. The van der Waals surface area contributed by atoms with Crippen molar-refractivity contribution in [3.05, 3.63) is 0 Å². The zero-order valence-electron chi connectivity index (χ0n) is 8.46. The molecule has 0 aromatic heterocycles. The minimum Gasteiger partial charge on any atom is -0.324 e. The molecule has 0 saturated heterocycles. The lowest BCUT2D eigenvalue weighted by Gasteiger charge is -2.29. The van der Waals surface area contributed by atoms with Crippen LogP contribution in [0.3, 0.4) is 0 Å². The van der Waals surface area contributed by atoms with Gasteiger partial charge in [-0.05, 0) is 28.2 Å². The van der Waals surface area contributed by atoms with E-state index in [1.54, 1.807) is 0 Å². The summed E-state index contributed by atoms with van der Waals surface area (Å²) in [5.74, 6) is 0. The molecule has 1 unspecified atom stereocenters. The molecule has 0 fully saturated rings. The topological polar surface area (TPSA) is 70.1 Å². The lowest BCUT2D eigenvalue weighted by atomic mass is 11.3. The van der Waals surface area contributed by atoms with Crippen molar-refractivity contribution in [1.29, 1.82) is 0 Å². The third-order valence-electron chi connectivity index (χ3n) is 1.27. The van der Waals surface area contributed by atoms with Crippen LogP contribution in [0.5, 0.6) is 0 Å². The maximum Gasteiger partial charge on any atom is 0.352 e. The lowest BCUT2D eigenvalue weighted by molar-refractivity contribution is 0.320. The molecular weight excluding hydrogens is 214 g/mol. The second-order valence-corrected chi connectivity index (χ2v) is 7.91. The molecule has 0 aliphatic heterocycles. The molecule has 0 aliphatic rings. The van der Waals surface area contributed by atoms with Crippen LogP contribution in [0.25, 0.3) is 0 Å². The lowest BCUT2D eigenvalue weighted by Crippen LogP contribution is -2.21. The molecule has 0 radical (unpaired) electrons. The maximum atomic E-state index is 11.9. The van der Waals surface area contributed by atoms with Gasteiger partial charge in [0, 0.05) is 6.66 Å². The summed E-state index contributed by atoms with van der Waals surface area (Å²) >= 11 is 0. The number of hydrogen-bond donors (Lipinski definition) is 1. The maximum absolute atomic E-state index is 11.9. The predicted octanol–water partition coefficient (Wildman–Crippen LogP) is 1.05. The molecule has 13 heavy (non-hydrogen) atoms. The minimum absolute atomic E-state index is 1.01. The van der Waals surface area contributed by atoms with E-state index >= 15 is 0 Å². The summed E-state index contributed by atoms with van der Waals surface area (Å²) in [6.07, 6.45) is 0. The van der Waals surface area contributed by atoms with Gasteiger partial charge in [-0.1, -0.05) is 0 Å². The fraction of sp³-hybridized carbons (Fsp3) is 1.00. The Labute approximate surface area is 78.6 Å². The largest absolute Gasteiger partial charge is 0.352 e. The van der Waals surface area contributed by atoms with Crippen LogP contribution < -0.4 is 0 Å². The number of hydrogen-bond acceptors (Lipinski definition) is 3. The Hall–Kier alpha value is 0.300. The molecule has 0 amide bonds. The molecule has 0 aliphatic carbocycles. The first-order valence-corrected chi connectivity index (χ1v) is 7.12. The number of nitrogens with zero attached hydrogens (tertiary/aromatic N) is 2. The van der Waals surface area contributed by atoms with Gasteiger partial charge in [0.2, 0.25) is 0 Å². The van der Waals surface area contributed by atoms with Crippen molar-refractivity contribution >= 4 is 15.3 Å². The van der Waals surface area contributed by atoms with Crippen LogP contribution in [0.1, 0.15) is 0 Å². The molecule has 1 atom stereocenters. The zero-order chi connectivity index (χ0) is 10.9. The molecule has 80 valence electrons. The Bertz CT molecular complexity index is 247. The van der Waals surface area contributed by atoms with Gasteiger partial charge in [0.15, 0.2) is 0 Å². The van der Waals surface area contributed by atoms with Crippen LogP contribution in [0.15, 0.2) is 0 Å². The van der Waals surface area contributed by atoms with Gasteiger partial charge in [0.1, 0.15) is 0 Å². The molecule has 1 N–H and O–H groups in total. The fourth-order valence-corrected chi connectivity index (χ4v) is 4.16. The molecule has 0 aromatic rings. The Morgan fingerprint density at radius 2 is 1.38 bits per heavy atom.